The molecule has 1 amide bonds. The maximum absolute atomic E-state index is 12.3. The molecule has 1 unspecified atom stereocenters. The molecule has 2 aromatic rings. The van der Waals surface area contributed by atoms with E-state index in [1.165, 1.54) is 11.8 Å². The van der Waals surface area contributed by atoms with Crippen LogP contribution in [0.3, 0.4) is 0 Å². The molecule has 2 aromatic heterocycles. The van der Waals surface area contributed by atoms with Gasteiger partial charge in [0, 0.05) is 6.54 Å². The first-order chi connectivity index (χ1) is 8.36. The summed E-state index contributed by atoms with van der Waals surface area (Å²) in [5.41, 5.74) is 1.90. The Balaban J connectivity index is 1.85. The summed E-state index contributed by atoms with van der Waals surface area (Å²) >= 11 is 1.68. The van der Waals surface area contributed by atoms with Crippen LogP contribution in [0.25, 0.3) is 0 Å². The van der Waals surface area contributed by atoms with E-state index in [9.17, 15) is 4.79 Å². The number of nitrogens with zero attached hydrogens (tertiary/aromatic N) is 1. The maximum Gasteiger partial charge on any atom is 0.257 e. The number of furan rings is 1. The lowest BCUT2D eigenvalue weighted by molar-refractivity contribution is 0.0735. The molecule has 0 bridgehead atoms. The Morgan fingerprint density at radius 2 is 2.41 bits per heavy atom. The lowest BCUT2D eigenvalue weighted by atomic mass is 10.1. The van der Waals surface area contributed by atoms with Gasteiger partial charge in [-0.05, 0) is 41.3 Å². The Morgan fingerprint density at radius 3 is 3.12 bits per heavy atom. The monoisotopic (exact) mass is 247 g/mol. The molecule has 0 spiro atoms. The minimum atomic E-state index is 0.0763. The highest BCUT2D eigenvalue weighted by Gasteiger charge is 2.30. The Hall–Kier alpha value is -1.55. The predicted molar refractivity (Wildman–Crippen MR) is 66.0 cm³/mol. The molecule has 17 heavy (non-hydrogen) atoms. The minimum Gasteiger partial charge on any atom is -0.472 e. The summed E-state index contributed by atoms with van der Waals surface area (Å²) in [7, 11) is 0. The number of carbonyl (C=O) groups is 1. The van der Waals surface area contributed by atoms with Crippen LogP contribution in [0.5, 0.6) is 0 Å². The summed E-state index contributed by atoms with van der Waals surface area (Å²) in [5, 5.41) is 4.19. The van der Waals surface area contributed by atoms with Crippen molar-refractivity contribution in [3.05, 3.63) is 46.5 Å². The van der Waals surface area contributed by atoms with E-state index in [0.29, 0.717) is 5.56 Å². The Labute approximate surface area is 104 Å². The van der Waals surface area contributed by atoms with Gasteiger partial charge in [0.1, 0.15) is 6.26 Å². The van der Waals surface area contributed by atoms with Gasteiger partial charge >= 0.3 is 0 Å². The summed E-state index contributed by atoms with van der Waals surface area (Å²) in [5.74, 6) is 0.0763. The first-order valence-corrected chi connectivity index (χ1v) is 6.66. The Bertz CT molecular complexity index is 489. The van der Waals surface area contributed by atoms with Gasteiger partial charge in [-0.15, -0.1) is 0 Å². The Morgan fingerprint density at radius 1 is 1.47 bits per heavy atom. The molecule has 0 saturated carbocycles. The van der Waals surface area contributed by atoms with E-state index in [2.05, 4.69) is 16.8 Å². The van der Waals surface area contributed by atoms with Crippen molar-refractivity contribution < 1.29 is 9.21 Å². The van der Waals surface area contributed by atoms with Crippen molar-refractivity contribution in [2.45, 2.75) is 18.9 Å². The normalized spacial score (nSPS) is 19.8. The van der Waals surface area contributed by atoms with Gasteiger partial charge in [0.25, 0.3) is 5.91 Å². The molecule has 1 aliphatic heterocycles. The lowest BCUT2D eigenvalue weighted by Gasteiger charge is -2.23. The molecule has 3 rings (SSSR count). The van der Waals surface area contributed by atoms with Gasteiger partial charge in [0.05, 0.1) is 17.9 Å². The van der Waals surface area contributed by atoms with Crippen molar-refractivity contribution in [3.8, 4) is 0 Å². The fourth-order valence-electron chi connectivity index (χ4n) is 2.37. The van der Waals surface area contributed by atoms with Crippen molar-refractivity contribution in [2.75, 3.05) is 6.54 Å². The highest BCUT2D eigenvalue weighted by Crippen LogP contribution is 2.34. The van der Waals surface area contributed by atoms with E-state index in [4.69, 9.17) is 4.42 Å². The van der Waals surface area contributed by atoms with Crippen molar-refractivity contribution in [1.82, 2.24) is 4.90 Å². The molecule has 0 aromatic carbocycles. The van der Waals surface area contributed by atoms with Crippen LogP contribution < -0.4 is 0 Å². The predicted octanol–water partition coefficient (Wildman–Crippen LogP) is 3.32. The smallest absolute Gasteiger partial charge is 0.257 e. The largest absolute Gasteiger partial charge is 0.472 e. The van der Waals surface area contributed by atoms with E-state index >= 15 is 0 Å². The van der Waals surface area contributed by atoms with Gasteiger partial charge in [-0.3, -0.25) is 4.79 Å². The van der Waals surface area contributed by atoms with Crippen LogP contribution in [0.1, 0.15) is 34.8 Å². The van der Waals surface area contributed by atoms with Gasteiger partial charge in [-0.25, -0.2) is 0 Å². The molecule has 0 aliphatic carbocycles. The van der Waals surface area contributed by atoms with E-state index < -0.39 is 0 Å². The number of carbonyl (C=O) groups excluding carboxylic acids is 1. The second-order valence-corrected chi connectivity index (χ2v) is 5.01. The van der Waals surface area contributed by atoms with Crippen molar-refractivity contribution in [1.29, 1.82) is 0 Å². The third-order valence-electron chi connectivity index (χ3n) is 3.21. The molecular weight excluding hydrogens is 234 g/mol. The molecule has 0 N–H and O–H groups in total. The zero-order chi connectivity index (χ0) is 11.7. The molecule has 0 radical (unpaired) electrons. The summed E-state index contributed by atoms with van der Waals surface area (Å²) in [6.45, 7) is 0.838. The number of amides is 1. The zero-order valence-electron chi connectivity index (χ0n) is 9.33. The highest BCUT2D eigenvalue weighted by molar-refractivity contribution is 7.07. The maximum atomic E-state index is 12.3. The molecule has 1 atom stereocenters. The van der Waals surface area contributed by atoms with E-state index in [0.717, 1.165) is 19.4 Å². The van der Waals surface area contributed by atoms with Crippen LogP contribution >= 0.6 is 11.3 Å². The quantitative estimate of drug-likeness (QED) is 0.815. The fourth-order valence-corrected chi connectivity index (χ4v) is 3.08. The van der Waals surface area contributed by atoms with Crippen LogP contribution in [-0.2, 0) is 0 Å². The number of likely N-dealkylation sites (tertiary alicyclic amines) is 1. The molecule has 1 fully saturated rings. The summed E-state index contributed by atoms with van der Waals surface area (Å²) < 4.78 is 4.98. The fraction of sp³-hybridized carbons (Fsp3) is 0.308. The van der Waals surface area contributed by atoms with Gasteiger partial charge in [-0.1, -0.05) is 0 Å². The van der Waals surface area contributed by atoms with Crippen LogP contribution in [0.4, 0.5) is 0 Å². The second kappa shape index (κ2) is 4.37. The second-order valence-electron chi connectivity index (χ2n) is 4.23. The lowest BCUT2D eigenvalue weighted by Crippen LogP contribution is -2.30. The molecule has 1 aliphatic rings. The third-order valence-corrected chi connectivity index (χ3v) is 3.91. The minimum absolute atomic E-state index is 0.0763. The van der Waals surface area contributed by atoms with E-state index in [1.54, 1.807) is 23.7 Å². The van der Waals surface area contributed by atoms with Crippen molar-refractivity contribution >= 4 is 17.2 Å². The number of hydrogen-bond acceptors (Lipinski definition) is 3. The van der Waals surface area contributed by atoms with Gasteiger partial charge in [-0.2, -0.15) is 11.3 Å². The first-order valence-electron chi connectivity index (χ1n) is 5.71. The van der Waals surface area contributed by atoms with E-state index in [1.807, 2.05) is 4.90 Å². The SMILES string of the molecule is O=C(c1ccoc1)N1CCCC1c1ccsc1. The Kier molecular flexibility index (Phi) is 2.73. The van der Waals surface area contributed by atoms with Crippen LogP contribution in [0, 0.1) is 0 Å². The average molecular weight is 247 g/mol. The molecule has 88 valence electrons. The zero-order valence-corrected chi connectivity index (χ0v) is 10.2. The summed E-state index contributed by atoms with van der Waals surface area (Å²) in [4.78, 5) is 14.2. The average Bonchev–Trinajstić information content (AvgIpc) is 3.09. The molecule has 3 nitrogen and oxygen atoms in total. The van der Waals surface area contributed by atoms with Gasteiger partial charge in [0.15, 0.2) is 0 Å². The third kappa shape index (κ3) is 1.89. The van der Waals surface area contributed by atoms with E-state index in [-0.39, 0.29) is 11.9 Å². The summed E-state index contributed by atoms with van der Waals surface area (Å²) in [6.07, 6.45) is 5.19. The molecule has 4 heteroatoms. The van der Waals surface area contributed by atoms with Crippen LogP contribution in [0.15, 0.2) is 39.8 Å². The first kappa shape index (κ1) is 10.6. The number of hydrogen-bond donors (Lipinski definition) is 0. The van der Waals surface area contributed by atoms with Crippen LogP contribution in [0.2, 0.25) is 0 Å². The number of thiophene rings is 1. The van der Waals surface area contributed by atoms with Gasteiger partial charge in [0.2, 0.25) is 0 Å². The van der Waals surface area contributed by atoms with Crippen molar-refractivity contribution in [3.63, 3.8) is 0 Å². The molecular formula is C13H13NO2S. The molecule has 1 saturated heterocycles. The van der Waals surface area contributed by atoms with Crippen LogP contribution in [-0.4, -0.2) is 17.4 Å². The van der Waals surface area contributed by atoms with Gasteiger partial charge < -0.3 is 9.32 Å². The number of rotatable bonds is 2. The summed E-state index contributed by atoms with van der Waals surface area (Å²) in [6, 6.07) is 4.07. The molecule has 3 heterocycles. The van der Waals surface area contributed by atoms with Crippen molar-refractivity contribution in [2.24, 2.45) is 0 Å². The topological polar surface area (TPSA) is 33.5 Å². The highest BCUT2D eigenvalue weighted by atomic mass is 32.1. The standard InChI is InChI=1S/C13H13NO2S/c15-13(10-3-6-16-8-10)14-5-1-2-12(14)11-4-7-17-9-11/h3-4,6-9,12H,1-2,5H2.